The van der Waals surface area contributed by atoms with Crippen molar-refractivity contribution in [3.63, 3.8) is 0 Å². The zero-order valence-corrected chi connectivity index (χ0v) is 28.9. The molecule has 0 spiro atoms. The van der Waals surface area contributed by atoms with Crippen molar-refractivity contribution in [3.8, 4) is 22.9 Å². The van der Waals surface area contributed by atoms with Crippen molar-refractivity contribution in [2.75, 3.05) is 57.3 Å². The van der Waals surface area contributed by atoms with Crippen molar-refractivity contribution in [2.24, 2.45) is 0 Å². The van der Waals surface area contributed by atoms with Gasteiger partial charge in [0.1, 0.15) is 17.4 Å². The first-order valence-electron chi connectivity index (χ1n) is 17.6. The number of nitrogens with one attached hydrogen (secondary N) is 1. The van der Waals surface area contributed by atoms with E-state index in [1.54, 1.807) is 18.0 Å². The van der Waals surface area contributed by atoms with Crippen molar-refractivity contribution in [1.82, 2.24) is 30.0 Å². The minimum Gasteiger partial charge on any atom is -0.481 e. The molecular weight excluding hydrogens is 647 g/mol. The number of halogens is 3. The van der Waals surface area contributed by atoms with Gasteiger partial charge < -0.3 is 24.2 Å². The Bertz CT molecular complexity index is 1910. The van der Waals surface area contributed by atoms with E-state index < -0.39 is 12.8 Å². The number of aryl methyl sites for hydroxylation is 1. The molecule has 1 aliphatic carbocycles. The predicted octanol–water partition coefficient (Wildman–Crippen LogP) is 6.78. The van der Waals surface area contributed by atoms with Crippen molar-refractivity contribution in [2.45, 2.75) is 71.1 Å². The molecule has 13 heteroatoms. The molecule has 3 fully saturated rings. The lowest BCUT2D eigenvalue weighted by Gasteiger charge is -2.36. The molecule has 0 radical (unpaired) electrons. The number of rotatable bonds is 10. The van der Waals surface area contributed by atoms with Gasteiger partial charge in [-0.25, -0.2) is 0 Å². The van der Waals surface area contributed by atoms with Gasteiger partial charge in [-0.05, 0) is 87.2 Å². The van der Waals surface area contributed by atoms with Gasteiger partial charge in [-0.15, -0.1) is 0 Å². The molecule has 50 heavy (non-hydrogen) atoms. The molecule has 2 aliphatic heterocycles. The number of amides is 1. The van der Waals surface area contributed by atoms with E-state index in [9.17, 15) is 18.0 Å². The van der Waals surface area contributed by atoms with Crippen LogP contribution in [0, 0.1) is 6.92 Å². The molecule has 0 unspecified atom stereocenters. The number of hydrogen-bond acceptors (Lipinski definition) is 8. The normalized spacial score (nSPS) is 17.9. The van der Waals surface area contributed by atoms with Gasteiger partial charge >= 0.3 is 12.2 Å². The van der Waals surface area contributed by atoms with Gasteiger partial charge in [0.05, 0.1) is 11.7 Å². The minimum atomic E-state index is -4.58. The number of carbonyl (C=O) groups is 1. The number of anilines is 1. The lowest BCUT2D eigenvalue weighted by Crippen LogP contribution is -2.49. The van der Waals surface area contributed by atoms with Crippen LogP contribution in [0.3, 0.4) is 0 Å². The lowest BCUT2D eigenvalue weighted by molar-refractivity contribution is -0.153. The summed E-state index contributed by atoms with van der Waals surface area (Å²) in [5.74, 6) is 0.689. The quantitative estimate of drug-likeness (QED) is 0.182. The van der Waals surface area contributed by atoms with Gasteiger partial charge in [0.2, 0.25) is 5.91 Å². The number of fused-ring (bicyclic) bond motifs is 2. The van der Waals surface area contributed by atoms with Crippen molar-refractivity contribution in [3.05, 3.63) is 47.7 Å². The number of ether oxygens (including phenoxy) is 2. The minimum absolute atomic E-state index is 0.0703. The molecule has 10 nitrogen and oxygen atoms in total. The molecule has 7 rings (SSSR count). The van der Waals surface area contributed by atoms with E-state index in [0.29, 0.717) is 48.5 Å². The summed E-state index contributed by atoms with van der Waals surface area (Å²) in [4.78, 5) is 28.9. The highest BCUT2D eigenvalue weighted by Crippen LogP contribution is 2.53. The first kappa shape index (κ1) is 34.1. The summed E-state index contributed by atoms with van der Waals surface area (Å²) < 4.78 is 54.3. The van der Waals surface area contributed by atoms with Gasteiger partial charge in [0.25, 0.3) is 0 Å². The lowest BCUT2D eigenvalue weighted by atomic mass is 9.89. The number of piperazine rings is 1. The van der Waals surface area contributed by atoms with Crippen LogP contribution in [-0.4, -0.2) is 101 Å². The molecule has 3 aliphatic rings. The van der Waals surface area contributed by atoms with Gasteiger partial charge in [-0.2, -0.15) is 28.2 Å². The molecular formula is C37H44F3N7O3. The predicted molar refractivity (Wildman–Crippen MR) is 187 cm³/mol. The molecule has 4 aromatic rings. The maximum atomic E-state index is 14.0. The number of aromatic nitrogens is 4. The SMILES string of the molecule is C=C(C)C(=O)N1CCN(c2nc(OC3CCN(CCC)CC3)nc3c(OCC(F)(F)F)c(-c4c(C)ccc5[nH]ncc45)c(C4CC4)cc23)CC1. The fourth-order valence-corrected chi connectivity index (χ4v) is 7.35. The zero-order chi connectivity index (χ0) is 35.2. The summed E-state index contributed by atoms with van der Waals surface area (Å²) in [6.07, 6.45) is 1.48. The van der Waals surface area contributed by atoms with Crippen molar-refractivity contribution in [1.29, 1.82) is 0 Å². The van der Waals surface area contributed by atoms with Crippen LogP contribution in [-0.2, 0) is 4.79 Å². The van der Waals surface area contributed by atoms with E-state index >= 15 is 0 Å². The van der Waals surface area contributed by atoms with E-state index in [0.717, 1.165) is 79.3 Å². The van der Waals surface area contributed by atoms with E-state index in [4.69, 9.17) is 19.4 Å². The number of piperidine rings is 1. The van der Waals surface area contributed by atoms with Gasteiger partial charge in [0.15, 0.2) is 12.4 Å². The number of aromatic amines is 1. The Labute approximate surface area is 289 Å². The van der Waals surface area contributed by atoms with Crippen LogP contribution in [0.1, 0.15) is 63.0 Å². The number of nitrogens with zero attached hydrogens (tertiary/aromatic N) is 6. The molecule has 2 aromatic heterocycles. The molecule has 1 N–H and O–H groups in total. The van der Waals surface area contributed by atoms with E-state index in [-0.39, 0.29) is 35.2 Å². The number of H-pyrrole nitrogens is 1. The first-order chi connectivity index (χ1) is 24.0. The van der Waals surface area contributed by atoms with Crippen LogP contribution >= 0.6 is 0 Å². The number of hydrogen-bond donors (Lipinski definition) is 1. The number of carbonyl (C=O) groups excluding carboxylic acids is 1. The summed E-state index contributed by atoms with van der Waals surface area (Å²) in [6, 6.07) is 6.03. The van der Waals surface area contributed by atoms with Gasteiger partial charge in [-0.1, -0.05) is 19.6 Å². The van der Waals surface area contributed by atoms with Crippen molar-refractivity contribution < 1.29 is 27.4 Å². The van der Waals surface area contributed by atoms with Crippen molar-refractivity contribution >= 4 is 33.5 Å². The molecule has 1 amide bonds. The summed E-state index contributed by atoms with van der Waals surface area (Å²) in [5.41, 5.74) is 4.70. The molecule has 1 saturated carbocycles. The van der Waals surface area contributed by atoms with Crippen LogP contribution in [0.5, 0.6) is 11.8 Å². The molecule has 0 atom stereocenters. The highest BCUT2D eigenvalue weighted by atomic mass is 19.4. The fourth-order valence-electron chi connectivity index (χ4n) is 7.35. The van der Waals surface area contributed by atoms with E-state index in [1.807, 2.05) is 19.1 Å². The number of likely N-dealkylation sites (tertiary alicyclic amines) is 1. The smallest absolute Gasteiger partial charge is 0.422 e. The molecule has 266 valence electrons. The third-order valence-corrected chi connectivity index (χ3v) is 9.99. The third kappa shape index (κ3) is 6.97. The highest BCUT2D eigenvalue weighted by Gasteiger charge is 2.36. The molecule has 0 bridgehead atoms. The molecule has 2 saturated heterocycles. The first-order valence-corrected chi connectivity index (χ1v) is 17.6. The Morgan fingerprint density at radius 3 is 2.42 bits per heavy atom. The van der Waals surface area contributed by atoms with Crippen LogP contribution in [0.25, 0.3) is 32.9 Å². The van der Waals surface area contributed by atoms with E-state index in [1.165, 1.54) is 0 Å². The van der Waals surface area contributed by atoms with Crippen LogP contribution < -0.4 is 14.4 Å². The Morgan fingerprint density at radius 1 is 1.02 bits per heavy atom. The second-order valence-corrected chi connectivity index (χ2v) is 13.9. The Hall–Kier alpha value is -4.39. The summed E-state index contributed by atoms with van der Waals surface area (Å²) >= 11 is 0. The second kappa shape index (κ2) is 13.7. The highest BCUT2D eigenvalue weighted by molar-refractivity contribution is 6.06. The molecule has 4 heterocycles. The summed E-state index contributed by atoms with van der Waals surface area (Å²) in [5, 5.41) is 8.68. The molecule has 2 aromatic carbocycles. The van der Waals surface area contributed by atoms with Crippen LogP contribution in [0.15, 0.2) is 36.5 Å². The zero-order valence-electron chi connectivity index (χ0n) is 28.9. The maximum Gasteiger partial charge on any atom is 0.422 e. The monoisotopic (exact) mass is 691 g/mol. The second-order valence-electron chi connectivity index (χ2n) is 13.9. The summed E-state index contributed by atoms with van der Waals surface area (Å²) in [7, 11) is 0. The third-order valence-electron chi connectivity index (χ3n) is 9.99. The summed E-state index contributed by atoms with van der Waals surface area (Å²) in [6.45, 7) is 12.8. The maximum absolute atomic E-state index is 14.0. The topological polar surface area (TPSA) is 99.7 Å². The van der Waals surface area contributed by atoms with Crippen LogP contribution in [0.2, 0.25) is 0 Å². The average molecular weight is 692 g/mol. The standard InChI is InChI=1S/C37H44F3N7O3/c1-5-12-45-13-10-25(11-14-45)50-36-42-32-27(34(43-36)46-15-17-47(18-16-46)35(48)22(2)3)19-26(24-7-8-24)31(33(32)49-21-37(38,39)40)30-23(4)6-9-29-28(30)20-41-44-29/h6,9,19-20,24-25H,2,5,7-8,10-18,21H2,1,3-4H3,(H,41,44). The van der Waals surface area contributed by atoms with Gasteiger partial charge in [0, 0.05) is 61.2 Å². The number of benzene rings is 2. The van der Waals surface area contributed by atoms with E-state index in [2.05, 4.69) is 39.6 Å². The average Bonchev–Trinajstić information content (AvgIpc) is 3.83. The Kier molecular flexibility index (Phi) is 9.36. The fraction of sp³-hybridized carbons (Fsp3) is 0.514. The van der Waals surface area contributed by atoms with Gasteiger partial charge in [-0.3, -0.25) is 9.89 Å². The Balaban J connectivity index is 1.41. The number of alkyl halides is 3. The Morgan fingerprint density at radius 2 is 1.76 bits per heavy atom. The van der Waals surface area contributed by atoms with Crippen LogP contribution in [0.4, 0.5) is 19.0 Å². The largest absolute Gasteiger partial charge is 0.481 e.